The van der Waals surface area contributed by atoms with E-state index in [-0.39, 0.29) is 11.4 Å². The van der Waals surface area contributed by atoms with E-state index >= 15 is 0 Å². The molecule has 0 heterocycles. The molecule has 36 heavy (non-hydrogen) atoms. The molecule has 0 aliphatic heterocycles. The molecule has 2 atom stereocenters. The predicted octanol–water partition coefficient (Wildman–Crippen LogP) is 7.51. The Bertz CT molecular complexity index is 1030. The summed E-state index contributed by atoms with van der Waals surface area (Å²) < 4.78 is 13.5. The molecule has 0 spiro atoms. The Kier molecular flexibility index (Phi) is 7.54. The highest BCUT2D eigenvalue weighted by Crippen LogP contribution is 2.63. The first-order valence-electron chi connectivity index (χ1n) is 13.5. The monoisotopic (exact) mass is 516 g/mol. The summed E-state index contributed by atoms with van der Waals surface area (Å²) in [6, 6.07) is 32.6. The van der Waals surface area contributed by atoms with Crippen molar-refractivity contribution < 1.29 is 9.26 Å². The van der Waals surface area contributed by atoms with Crippen molar-refractivity contribution >= 4 is 30.5 Å². The smallest absolute Gasteiger partial charge is 0.102 e. The van der Waals surface area contributed by atoms with E-state index < -0.39 is 8.15 Å². The van der Waals surface area contributed by atoms with Gasteiger partial charge in [0.15, 0.2) is 0 Å². The highest BCUT2D eigenvalue weighted by atomic mass is 32.2. The average molecular weight is 517 g/mol. The second-order valence-electron chi connectivity index (χ2n) is 11.1. The van der Waals surface area contributed by atoms with Crippen LogP contribution in [0, 0.1) is 17.8 Å². The van der Waals surface area contributed by atoms with Crippen LogP contribution in [0.25, 0.3) is 0 Å². The van der Waals surface area contributed by atoms with Gasteiger partial charge >= 0.3 is 0 Å². The molecule has 7 rings (SSSR count). The highest BCUT2D eigenvalue weighted by Gasteiger charge is 2.52. The fourth-order valence-electron chi connectivity index (χ4n) is 7.32. The Morgan fingerprint density at radius 3 is 1.69 bits per heavy atom. The minimum Gasteiger partial charge on any atom is -0.382 e. The number of benzene rings is 3. The normalized spacial score (nSPS) is 28.3. The summed E-state index contributed by atoms with van der Waals surface area (Å²) in [4.78, 5) is 0. The summed E-state index contributed by atoms with van der Waals surface area (Å²) in [6.45, 7) is 0.595. The predicted molar refractivity (Wildman–Crippen MR) is 153 cm³/mol. The molecule has 3 aromatic carbocycles. The maximum atomic E-state index is 7.21. The molecular weight excluding hydrogens is 479 g/mol. The molecular formula is C32H37O2PS. The third-order valence-electron chi connectivity index (χ3n) is 8.38. The van der Waals surface area contributed by atoms with E-state index in [9.17, 15) is 0 Å². The van der Waals surface area contributed by atoms with Gasteiger partial charge in [-0.1, -0.05) is 91.0 Å². The van der Waals surface area contributed by atoms with Crippen LogP contribution in [0.3, 0.4) is 0 Å². The van der Waals surface area contributed by atoms with Gasteiger partial charge < -0.3 is 9.26 Å². The Hall–Kier alpha value is -1.64. The van der Waals surface area contributed by atoms with Crippen molar-refractivity contribution in [1.82, 2.24) is 0 Å². The molecule has 0 radical (unpaired) electrons. The molecule has 188 valence electrons. The second kappa shape index (κ2) is 11.0. The highest BCUT2D eigenvalue weighted by molar-refractivity contribution is 8.01. The van der Waals surface area contributed by atoms with Crippen molar-refractivity contribution in [2.24, 2.45) is 17.8 Å². The summed E-state index contributed by atoms with van der Waals surface area (Å²) in [5.41, 5.74) is 1.37. The number of methoxy groups -OCH3 is 1. The lowest BCUT2D eigenvalue weighted by atomic mass is 9.56. The van der Waals surface area contributed by atoms with Gasteiger partial charge in [-0.05, 0) is 61.8 Å². The zero-order valence-corrected chi connectivity index (χ0v) is 22.9. The van der Waals surface area contributed by atoms with Crippen LogP contribution >= 0.6 is 19.9 Å². The van der Waals surface area contributed by atoms with Crippen LogP contribution in [0.4, 0.5) is 0 Å². The number of hydrogen-bond acceptors (Lipinski definition) is 3. The third kappa shape index (κ3) is 5.32. The molecule has 0 saturated heterocycles. The lowest BCUT2D eigenvalue weighted by Crippen LogP contribution is -2.49. The van der Waals surface area contributed by atoms with E-state index in [0.717, 1.165) is 17.8 Å². The quantitative estimate of drug-likeness (QED) is 0.260. The van der Waals surface area contributed by atoms with Gasteiger partial charge in [-0.15, -0.1) is 11.8 Å². The molecule has 4 fully saturated rings. The van der Waals surface area contributed by atoms with Crippen molar-refractivity contribution in [2.45, 2.75) is 54.6 Å². The van der Waals surface area contributed by atoms with Crippen molar-refractivity contribution in [2.75, 3.05) is 13.7 Å². The van der Waals surface area contributed by atoms with Crippen LogP contribution in [0.2, 0.25) is 0 Å². The zero-order chi connectivity index (χ0) is 24.4. The van der Waals surface area contributed by atoms with Crippen molar-refractivity contribution in [1.29, 1.82) is 0 Å². The minimum absolute atomic E-state index is 0.0260. The lowest BCUT2D eigenvalue weighted by Gasteiger charge is -2.57. The maximum Gasteiger partial charge on any atom is 0.102 e. The summed E-state index contributed by atoms with van der Waals surface area (Å²) in [5.74, 6) is 2.81. The molecule has 4 saturated carbocycles. The van der Waals surface area contributed by atoms with Gasteiger partial charge in [0.2, 0.25) is 0 Å². The van der Waals surface area contributed by atoms with Gasteiger partial charge in [0.1, 0.15) is 6.10 Å². The largest absolute Gasteiger partial charge is 0.382 e. The molecule has 0 aromatic heterocycles. The molecule has 3 aromatic rings. The van der Waals surface area contributed by atoms with Crippen molar-refractivity contribution in [3.63, 3.8) is 0 Å². The van der Waals surface area contributed by atoms with E-state index in [1.165, 1.54) is 54.7 Å². The topological polar surface area (TPSA) is 18.5 Å². The van der Waals surface area contributed by atoms with Gasteiger partial charge in [0.05, 0.1) is 20.0 Å². The van der Waals surface area contributed by atoms with E-state index in [4.69, 9.17) is 9.26 Å². The Labute approximate surface area is 222 Å². The van der Waals surface area contributed by atoms with Crippen LogP contribution in [-0.4, -0.2) is 24.6 Å². The van der Waals surface area contributed by atoms with Crippen LogP contribution in [-0.2, 0) is 9.26 Å². The third-order valence-corrected chi connectivity index (χ3v) is 12.2. The first-order valence-corrected chi connectivity index (χ1v) is 15.6. The minimum atomic E-state index is -0.957. The van der Waals surface area contributed by atoms with Crippen LogP contribution in [0.5, 0.6) is 0 Å². The fraction of sp³-hybridized carbons (Fsp3) is 0.438. The lowest BCUT2D eigenvalue weighted by molar-refractivity contribution is 0.0368. The van der Waals surface area contributed by atoms with Gasteiger partial charge in [-0.2, -0.15) is 0 Å². The van der Waals surface area contributed by atoms with Gasteiger partial charge in [-0.3, -0.25) is 0 Å². The first kappa shape index (κ1) is 24.7. The molecule has 4 aliphatic carbocycles. The zero-order valence-electron chi connectivity index (χ0n) is 21.2. The van der Waals surface area contributed by atoms with Gasteiger partial charge in [0, 0.05) is 22.5 Å². The molecule has 4 aliphatic rings. The summed E-state index contributed by atoms with van der Waals surface area (Å²) in [6.07, 6.45) is 8.56. The van der Waals surface area contributed by atoms with E-state index in [0.29, 0.717) is 11.4 Å². The molecule has 4 bridgehead atoms. The Morgan fingerprint density at radius 2 is 1.22 bits per heavy atom. The average Bonchev–Trinajstić information content (AvgIpc) is 2.90. The maximum absolute atomic E-state index is 7.21. The standard InChI is InChI=1S/C32H37O2PS/c1-33-23-30(34-35(28-13-7-3-8-14-28)29-15-9-4-10-16-29)31(27-11-5-2-6-12-27)36-32-20-24-17-25(21-32)19-26(18-24)22-32/h2-16,24-26,30-31H,17-23H2,1H3/t24?,25?,26?,30-,31+,32?/m0/s1. The molecule has 0 amide bonds. The van der Waals surface area contributed by atoms with Crippen molar-refractivity contribution in [3.8, 4) is 0 Å². The van der Waals surface area contributed by atoms with Crippen molar-refractivity contribution in [3.05, 3.63) is 96.6 Å². The second-order valence-corrected chi connectivity index (χ2v) is 14.6. The Balaban J connectivity index is 1.35. The number of rotatable bonds is 10. The van der Waals surface area contributed by atoms with Crippen LogP contribution < -0.4 is 10.6 Å². The fourth-order valence-corrected chi connectivity index (χ4v) is 11.4. The molecule has 0 unspecified atom stereocenters. The van der Waals surface area contributed by atoms with E-state index in [1.807, 2.05) is 7.11 Å². The molecule has 2 nitrogen and oxygen atoms in total. The number of ether oxygens (including phenoxy) is 1. The first-order chi connectivity index (χ1) is 17.7. The van der Waals surface area contributed by atoms with E-state index in [2.05, 4.69) is 103 Å². The van der Waals surface area contributed by atoms with E-state index in [1.54, 1.807) is 0 Å². The number of thioether (sulfide) groups is 1. The molecule has 4 heteroatoms. The summed E-state index contributed by atoms with van der Waals surface area (Å²) in [5, 5.41) is 2.76. The van der Waals surface area contributed by atoms with Crippen LogP contribution in [0.1, 0.15) is 49.3 Å². The number of hydrogen-bond donors (Lipinski definition) is 0. The summed E-state index contributed by atoms with van der Waals surface area (Å²) in [7, 11) is 0.864. The van der Waals surface area contributed by atoms with Gasteiger partial charge in [-0.25, -0.2) is 0 Å². The Morgan fingerprint density at radius 1 is 0.750 bits per heavy atom. The molecule has 0 N–H and O–H groups in total. The summed E-state index contributed by atoms with van der Waals surface area (Å²) >= 11 is 2.24. The SMILES string of the molecule is COC[C@H](OP(c1ccccc1)c1ccccc1)[C@H](SC12CC3CC(CC(C3)C1)C2)c1ccccc1. The van der Waals surface area contributed by atoms with Gasteiger partial charge in [0.25, 0.3) is 0 Å². The van der Waals surface area contributed by atoms with Crippen LogP contribution in [0.15, 0.2) is 91.0 Å².